The molecule has 0 aromatic heterocycles. The highest BCUT2D eigenvalue weighted by molar-refractivity contribution is 7.90. The molecule has 3 aromatic carbocycles. The molecular formula is C32H40FN3O6S2. The summed E-state index contributed by atoms with van der Waals surface area (Å²) in [7, 11) is -3.97. The highest BCUT2D eigenvalue weighted by Crippen LogP contribution is 2.27. The molecular weight excluding hydrogens is 605 g/mol. The molecule has 0 spiro atoms. The van der Waals surface area contributed by atoms with Gasteiger partial charge in [-0.1, -0.05) is 74.0 Å². The van der Waals surface area contributed by atoms with E-state index in [-0.39, 0.29) is 28.3 Å². The van der Waals surface area contributed by atoms with Crippen LogP contribution in [-0.4, -0.2) is 49.6 Å². The molecule has 238 valence electrons. The lowest BCUT2D eigenvalue weighted by molar-refractivity contribution is -0.137. The molecule has 0 saturated carbocycles. The molecule has 0 heterocycles. The number of unbranched alkanes of at least 4 members (excludes halogenated alkanes) is 1. The van der Waals surface area contributed by atoms with Gasteiger partial charge in [-0.25, -0.2) is 17.5 Å². The number of carboxylic acids is 1. The summed E-state index contributed by atoms with van der Waals surface area (Å²) in [4.78, 5) is 33.2. The molecule has 3 rings (SSSR count). The zero-order chi connectivity index (χ0) is 32.5. The molecule has 2 amide bonds. The Bertz CT molecular complexity index is 1480. The fourth-order valence-corrected chi connectivity index (χ4v) is 5.57. The van der Waals surface area contributed by atoms with Crippen LogP contribution in [0.5, 0.6) is 0 Å². The molecule has 0 unspecified atom stereocenters. The Labute approximate surface area is 264 Å². The number of hydrogen-bond donors (Lipinski definition) is 5. The minimum atomic E-state index is -3.97. The number of sulfonamides is 1. The number of amides is 2. The summed E-state index contributed by atoms with van der Waals surface area (Å²) in [5, 5.41) is 13.9. The Kier molecular flexibility index (Phi) is 15.6. The van der Waals surface area contributed by atoms with Crippen molar-refractivity contribution in [2.75, 3.05) is 13.1 Å². The summed E-state index contributed by atoms with van der Waals surface area (Å²) in [6.45, 7) is 4.47. The van der Waals surface area contributed by atoms with E-state index in [0.717, 1.165) is 25.3 Å². The van der Waals surface area contributed by atoms with Crippen LogP contribution >= 0.6 is 12.6 Å². The number of aliphatic carboxylic acids is 1. The van der Waals surface area contributed by atoms with Crippen molar-refractivity contribution >= 4 is 40.4 Å². The van der Waals surface area contributed by atoms with E-state index in [0.29, 0.717) is 49.2 Å². The van der Waals surface area contributed by atoms with E-state index in [1.165, 1.54) is 12.1 Å². The van der Waals surface area contributed by atoms with Crippen LogP contribution in [0.15, 0.2) is 77.7 Å². The van der Waals surface area contributed by atoms with Crippen molar-refractivity contribution in [1.82, 2.24) is 15.4 Å². The number of thiol groups is 1. The molecule has 0 aliphatic rings. The van der Waals surface area contributed by atoms with Crippen molar-refractivity contribution in [2.45, 2.75) is 62.6 Å². The normalized spacial score (nSPS) is 11.5. The lowest BCUT2D eigenvalue weighted by atomic mass is 10.0. The number of hydrogen-bond acceptors (Lipinski definition) is 7. The molecule has 3 aromatic rings. The number of carbonyl (C=O) groups excluding carboxylic acids is 2. The van der Waals surface area contributed by atoms with E-state index in [1.807, 2.05) is 35.9 Å². The molecule has 0 radical (unpaired) electrons. The first-order chi connectivity index (χ1) is 20.9. The number of rotatable bonds is 15. The zero-order valence-corrected chi connectivity index (χ0v) is 26.6. The molecule has 4 N–H and O–H groups in total. The topological polar surface area (TPSA) is 142 Å². The summed E-state index contributed by atoms with van der Waals surface area (Å²) in [5.74, 6) is -1.74. The fraction of sp³-hybridized carbons (Fsp3) is 0.344. The second-order valence-corrected chi connectivity index (χ2v) is 12.4. The third-order valence-corrected chi connectivity index (χ3v) is 8.13. The largest absolute Gasteiger partial charge is 0.481 e. The zero-order valence-electron chi connectivity index (χ0n) is 24.9. The van der Waals surface area contributed by atoms with Crippen molar-refractivity contribution in [3.05, 3.63) is 89.7 Å². The maximum Gasteiger partial charge on any atom is 0.303 e. The second-order valence-electron chi connectivity index (χ2n) is 10.0. The molecule has 44 heavy (non-hydrogen) atoms. The minimum Gasteiger partial charge on any atom is -0.481 e. The van der Waals surface area contributed by atoms with E-state index in [2.05, 4.69) is 23.3 Å². The van der Waals surface area contributed by atoms with E-state index in [1.54, 1.807) is 36.4 Å². The third kappa shape index (κ3) is 13.3. The second kappa shape index (κ2) is 18.8. The van der Waals surface area contributed by atoms with Gasteiger partial charge in [-0.2, -0.15) is 12.6 Å². The van der Waals surface area contributed by atoms with Gasteiger partial charge < -0.3 is 15.7 Å². The lowest BCUT2D eigenvalue weighted by Gasteiger charge is -2.13. The molecule has 0 fully saturated rings. The predicted molar refractivity (Wildman–Crippen MR) is 172 cm³/mol. The Balaban J connectivity index is 0.000000860. The minimum absolute atomic E-state index is 0.0273. The SMILES string of the molecule is CC(=O)NS(=O)(=O)c1ccccc1-c1ccc(CNCCC(=O)NC[C@H](S)Cc2ccccc2F)cc1.CCCCC(=O)O. The van der Waals surface area contributed by atoms with Crippen LogP contribution in [-0.2, 0) is 37.4 Å². The Morgan fingerprint density at radius 1 is 0.955 bits per heavy atom. The summed E-state index contributed by atoms with van der Waals surface area (Å²) < 4.78 is 40.8. The number of halogens is 1. The number of benzene rings is 3. The van der Waals surface area contributed by atoms with Gasteiger partial charge >= 0.3 is 5.97 Å². The number of carboxylic acid groups (broad SMARTS) is 1. The van der Waals surface area contributed by atoms with Gasteiger partial charge in [-0.3, -0.25) is 14.4 Å². The first-order valence-corrected chi connectivity index (χ1v) is 16.2. The van der Waals surface area contributed by atoms with Crippen molar-refractivity contribution in [1.29, 1.82) is 0 Å². The number of nitrogens with one attached hydrogen (secondary N) is 3. The van der Waals surface area contributed by atoms with Crippen molar-refractivity contribution < 1.29 is 32.3 Å². The molecule has 0 saturated heterocycles. The maximum absolute atomic E-state index is 13.7. The van der Waals surface area contributed by atoms with E-state index >= 15 is 0 Å². The molecule has 12 heteroatoms. The summed E-state index contributed by atoms with van der Waals surface area (Å²) in [5.41, 5.74) is 2.73. The highest BCUT2D eigenvalue weighted by atomic mass is 32.2. The van der Waals surface area contributed by atoms with Gasteiger partial charge in [-0.05, 0) is 41.7 Å². The van der Waals surface area contributed by atoms with Crippen LogP contribution in [0.1, 0.15) is 50.7 Å². The molecule has 9 nitrogen and oxygen atoms in total. The van der Waals surface area contributed by atoms with Crippen LogP contribution in [0.4, 0.5) is 4.39 Å². The monoisotopic (exact) mass is 645 g/mol. The maximum atomic E-state index is 13.7. The van der Waals surface area contributed by atoms with Gasteiger partial charge in [0.1, 0.15) is 5.82 Å². The summed E-state index contributed by atoms with van der Waals surface area (Å²) >= 11 is 4.44. The van der Waals surface area contributed by atoms with Gasteiger partial charge in [0.25, 0.3) is 10.0 Å². The molecule has 0 aliphatic heterocycles. The van der Waals surface area contributed by atoms with Gasteiger partial charge in [0.15, 0.2) is 0 Å². The molecule has 1 atom stereocenters. The van der Waals surface area contributed by atoms with E-state index in [4.69, 9.17) is 5.11 Å². The average molecular weight is 646 g/mol. The molecule has 0 bridgehead atoms. The van der Waals surface area contributed by atoms with Gasteiger partial charge in [0.2, 0.25) is 11.8 Å². The van der Waals surface area contributed by atoms with Crippen LogP contribution in [0.3, 0.4) is 0 Å². The van der Waals surface area contributed by atoms with Crippen LogP contribution < -0.4 is 15.4 Å². The van der Waals surface area contributed by atoms with Gasteiger partial charge in [0, 0.05) is 50.2 Å². The van der Waals surface area contributed by atoms with E-state index in [9.17, 15) is 27.2 Å². The predicted octanol–water partition coefficient (Wildman–Crippen LogP) is 4.72. The number of carbonyl (C=O) groups is 3. The summed E-state index contributed by atoms with van der Waals surface area (Å²) in [6.07, 6.45) is 2.79. The third-order valence-electron chi connectivity index (χ3n) is 6.27. The van der Waals surface area contributed by atoms with E-state index < -0.39 is 21.9 Å². The lowest BCUT2D eigenvalue weighted by Crippen LogP contribution is -2.32. The standard InChI is InChI=1S/C27H30FN3O4S2.C5H10O2/c1-19(32)31-37(34,35)26-9-5-3-7-24(26)21-12-10-20(11-13-21)17-29-15-14-27(33)30-18-23(36)16-22-6-2-4-8-25(22)28;1-2-3-4-5(6)7/h2-13,23,29,36H,14-18H2,1H3,(H,30,33)(H,31,32);2-4H2,1H3,(H,6,7)/t23-;/m1./s1. The van der Waals surface area contributed by atoms with Crippen LogP contribution in [0, 0.1) is 5.82 Å². The fourth-order valence-electron chi connectivity index (χ4n) is 4.06. The smallest absolute Gasteiger partial charge is 0.303 e. The first-order valence-electron chi connectivity index (χ1n) is 14.2. The van der Waals surface area contributed by atoms with Gasteiger partial charge in [0.05, 0.1) is 4.90 Å². The van der Waals surface area contributed by atoms with Crippen LogP contribution in [0.25, 0.3) is 11.1 Å². The van der Waals surface area contributed by atoms with Crippen molar-refractivity contribution in [2.24, 2.45) is 0 Å². The summed E-state index contributed by atoms with van der Waals surface area (Å²) in [6, 6.07) is 20.4. The van der Waals surface area contributed by atoms with Crippen molar-refractivity contribution in [3.63, 3.8) is 0 Å². The molecule has 0 aliphatic carbocycles. The van der Waals surface area contributed by atoms with Crippen molar-refractivity contribution in [3.8, 4) is 11.1 Å². The average Bonchev–Trinajstić information content (AvgIpc) is 2.98. The Hall–Kier alpha value is -3.74. The Morgan fingerprint density at radius 2 is 1.61 bits per heavy atom. The van der Waals surface area contributed by atoms with Crippen LogP contribution in [0.2, 0.25) is 0 Å². The quantitative estimate of drug-likeness (QED) is 0.119. The Morgan fingerprint density at radius 3 is 2.23 bits per heavy atom. The van der Waals surface area contributed by atoms with Gasteiger partial charge in [-0.15, -0.1) is 0 Å². The first kappa shape index (κ1) is 36.5. The highest BCUT2D eigenvalue weighted by Gasteiger charge is 2.20.